The normalized spacial score (nSPS) is 17.3. The Bertz CT molecular complexity index is 868. The molecule has 1 aromatic heterocycles. The first-order valence-corrected chi connectivity index (χ1v) is 9.95. The number of piperidine rings is 1. The summed E-state index contributed by atoms with van der Waals surface area (Å²) in [6, 6.07) is 16.0. The summed E-state index contributed by atoms with van der Waals surface area (Å²) in [5.74, 6) is 0.714. The fourth-order valence-corrected chi connectivity index (χ4v) is 4.14. The van der Waals surface area contributed by atoms with E-state index in [-0.39, 0.29) is 11.9 Å². The first-order chi connectivity index (χ1) is 12.8. The minimum atomic E-state index is 0.0134. The molecule has 0 unspecified atom stereocenters. The number of hydrogen-bond acceptors (Lipinski definition) is 4. The van der Waals surface area contributed by atoms with E-state index in [0.717, 1.165) is 53.2 Å². The fourth-order valence-electron chi connectivity index (χ4n) is 3.25. The summed E-state index contributed by atoms with van der Waals surface area (Å²) in [5.41, 5.74) is 3.78. The molecule has 2 aromatic carbocycles. The summed E-state index contributed by atoms with van der Waals surface area (Å²) < 4.78 is 0. The van der Waals surface area contributed by atoms with Gasteiger partial charge in [-0.05, 0) is 43.1 Å². The highest BCUT2D eigenvalue weighted by molar-refractivity contribution is 7.98. The molecule has 26 heavy (non-hydrogen) atoms. The van der Waals surface area contributed by atoms with Crippen LogP contribution >= 0.6 is 11.8 Å². The van der Waals surface area contributed by atoms with Crippen LogP contribution in [0.4, 0.5) is 0 Å². The molecule has 0 aliphatic carbocycles. The van der Waals surface area contributed by atoms with Gasteiger partial charge in [-0.3, -0.25) is 4.79 Å². The maximum absolute atomic E-state index is 12.7. The average Bonchev–Trinajstić information content (AvgIpc) is 3.10. The lowest BCUT2D eigenvalue weighted by molar-refractivity contribution is 0.0930. The SMILES string of the molecule is O=C(N[C@H]1CCCNC1)c1ccccc1CSc1nc2ccccc2[nH]1. The van der Waals surface area contributed by atoms with Crippen molar-refractivity contribution in [2.24, 2.45) is 0 Å². The second-order valence-electron chi connectivity index (χ2n) is 6.52. The van der Waals surface area contributed by atoms with Crippen LogP contribution in [0.2, 0.25) is 0 Å². The van der Waals surface area contributed by atoms with Gasteiger partial charge in [0, 0.05) is 23.9 Å². The molecule has 0 radical (unpaired) electrons. The van der Waals surface area contributed by atoms with E-state index in [0.29, 0.717) is 5.75 Å². The highest BCUT2D eigenvalue weighted by Gasteiger charge is 2.18. The molecule has 134 valence electrons. The molecule has 5 nitrogen and oxygen atoms in total. The van der Waals surface area contributed by atoms with Crippen molar-refractivity contribution in [3.8, 4) is 0 Å². The Morgan fingerprint density at radius 2 is 2.04 bits per heavy atom. The van der Waals surface area contributed by atoms with E-state index in [1.165, 1.54) is 0 Å². The van der Waals surface area contributed by atoms with Crippen LogP contribution < -0.4 is 10.6 Å². The Balaban J connectivity index is 1.45. The average molecular weight is 366 g/mol. The fraction of sp³-hybridized carbons (Fsp3) is 0.300. The van der Waals surface area contributed by atoms with Crippen LogP contribution in [0.3, 0.4) is 0 Å². The van der Waals surface area contributed by atoms with E-state index in [1.807, 2.05) is 48.5 Å². The van der Waals surface area contributed by atoms with Crippen LogP contribution in [0.25, 0.3) is 11.0 Å². The van der Waals surface area contributed by atoms with E-state index in [9.17, 15) is 4.79 Å². The summed E-state index contributed by atoms with van der Waals surface area (Å²) in [4.78, 5) is 20.6. The van der Waals surface area contributed by atoms with Gasteiger partial charge in [0.25, 0.3) is 5.91 Å². The molecule has 4 rings (SSSR count). The monoisotopic (exact) mass is 366 g/mol. The minimum absolute atomic E-state index is 0.0134. The summed E-state index contributed by atoms with van der Waals surface area (Å²) >= 11 is 1.62. The van der Waals surface area contributed by atoms with Gasteiger partial charge >= 0.3 is 0 Å². The minimum Gasteiger partial charge on any atom is -0.348 e. The number of carbonyl (C=O) groups is 1. The second kappa shape index (κ2) is 7.93. The van der Waals surface area contributed by atoms with Crippen LogP contribution in [0, 0.1) is 0 Å². The quantitative estimate of drug-likeness (QED) is 0.606. The number of H-pyrrole nitrogens is 1. The molecule has 1 aliphatic heterocycles. The molecule has 1 atom stereocenters. The number of benzene rings is 2. The lowest BCUT2D eigenvalue weighted by Crippen LogP contribution is -2.45. The number of hydrogen-bond donors (Lipinski definition) is 3. The van der Waals surface area contributed by atoms with Gasteiger partial charge in [-0.1, -0.05) is 42.1 Å². The molecule has 2 heterocycles. The van der Waals surface area contributed by atoms with E-state index in [2.05, 4.69) is 20.6 Å². The number of fused-ring (bicyclic) bond motifs is 1. The zero-order valence-corrected chi connectivity index (χ0v) is 15.3. The van der Waals surface area contributed by atoms with Crippen molar-refractivity contribution >= 4 is 28.7 Å². The van der Waals surface area contributed by atoms with Crippen molar-refractivity contribution in [3.05, 3.63) is 59.7 Å². The summed E-state index contributed by atoms with van der Waals surface area (Å²) in [6.07, 6.45) is 2.14. The summed E-state index contributed by atoms with van der Waals surface area (Å²) in [5, 5.41) is 7.37. The number of aromatic amines is 1. The van der Waals surface area contributed by atoms with Crippen LogP contribution in [0.1, 0.15) is 28.8 Å². The maximum Gasteiger partial charge on any atom is 0.251 e. The van der Waals surface area contributed by atoms with Crippen molar-refractivity contribution < 1.29 is 4.79 Å². The molecule has 0 spiro atoms. The third kappa shape index (κ3) is 3.92. The molecular formula is C20H22N4OS. The Labute approximate surface area is 157 Å². The smallest absolute Gasteiger partial charge is 0.251 e. The number of nitrogens with zero attached hydrogens (tertiary/aromatic N) is 1. The predicted molar refractivity (Wildman–Crippen MR) is 105 cm³/mol. The largest absolute Gasteiger partial charge is 0.348 e. The standard InChI is InChI=1S/C20H22N4OS/c25-19(22-15-7-5-11-21-12-15)16-8-2-1-6-14(16)13-26-20-23-17-9-3-4-10-18(17)24-20/h1-4,6,8-10,15,21H,5,7,11-13H2,(H,22,25)(H,23,24)/t15-/m0/s1. The number of imidazole rings is 1. The maximum atomic E-state index is 12.7. The van der Waals surface area contributed by atoms with E-state index < -0.39 is 0 Å². The van der Waals surface area contributed by atoms with E-state index in [4.69, 9.17) is 0 Å². The zero-order valence-electron chi connectivity index (χ0n) is 14.5. The molecule has 0 bridgehead atoms. The van der Waals surface area contributed by atoms with Crippen LogP contribution in [-0.4, -0.2) is 35.0 Å². The van der Waals surface area contributed by atoms with Gasteiger partial charge in [-0.2, -0.15) is 0 Å². The molecule has 3 aromatic rings. The van der Waals surface area contributed by atoms with Crippen molar-refractivity contribution in [2.75, 3.05) is 13.1 Å². The molecule has 0 saturated carbocycles. The van der Waals surface area contributed by atoms with E-state index >= 15 is 0 Å². The van der Waals surface area contributed by atoms with Gasteiger partial charge in [0.2, 0.25) is 0 Å². The van der Waals surface area contributed by atoms with Crippen molar-refractivity contribution in [1.29, 1.82) is 0 Å². The molecule has 1 fully saturated rings. The van der Waals surface area contributed by atoms with Gasteiger partial charge in [0.15, 0.2) is 5.16 Å². The van der Waals surface area contributed by atoms with Crippen molar-refractivity contribution in [2.45, 2.75) is 29.8 Å². The Kier molecular flexibility index (Phi) is 5.22. The molecule has 1 amide bonds. The highest BCUT2D eigenvalue weighted by Crippen LogP contribution is 2.24. The number of amides is 1. The van der Waals surface area contributed by atoms with Crippen molar-refractivity contribution in [1.82, 2.24) is 20.6 Å². The third-order valence-corrected chi connectivity index (χ3v) is 5.55. The molecule has 3 N–H and O–H groups in total. The summed E-state index contributed by atoms with van der Waals surface area (Å²) in [6.45, 7) is 1.89. The first-order valence-electron chi connectivity index (χ1n) is 8.96. The Morgan fingerprint density at radius 3 is 2.88 bits per heavy atom. The number of rotatable bonds is 5. The van der Waals surface area contributed by atoms with Crippen LogP contribution in [-0.2, 0) is 5.75 Å². The molecular weight excluding hydrogens is 344 g/mol. The third-order valence-electron chi connectivity index (χ3n) is 4.63. The number of thioether (sulfide) groups is 1. The lowest BCUT2D eigenvalue weighted by atomic mass is 10.1. The Hall–Kier alpha value is -2.31. The number of para-hydroxylation sites is 2. The molecule has 1 aliphatic rings. The number of carbonyl (C=O) groups excluding carboxylic acids is 1. The van der Waals surface area contributed by atoms with Gasteiger partial charge in [-0.15, -0.1) is 0 Å². The lowest BCUT2D eigenvalue weighted by Gasteiger charge is -2.24. The van der Waals surface area contributed by atoms with E-state index in [1.54, 1.807) is 11.8 Å². The first kappa shape index (κ1) is 17.1. The summed E-state index contributed by atoms with van der Waals surface area (Å²) in [7, 11) is 0. The van der Waals surface area contributed by atoms with Crippen LogP contribution in [0.15, 0.2) is 53.7 Å². The number of aromatic nitrogens is 2. The van der Waals surface area contributed by atoms with Gasteiger partial charge in [-0.25, -0.2) is 4.98 Å². The highest BCUT2D eigenvalue weighted by atomic mass is 32.2. The number of nitrogens with one attached hydrogen (secondary N) is 3. The van der Waals surface area contributed by atoms with Crippen molar-refractivity contribution in [3.63, 3.8) is 0 Å². The van der Waals surface area contributed by atoms with Gasteiger partial charge in [0.1, 0.15) is 0 Å². The Morgan fingerprint density at radius 1 is 1.19 bits per heavy atom. The predicted octanol–water partition coefficient (Wildman–Crippen LogP) is 3.34. The van der Waals surface area contributed by atoms with Gasteiger partial charge in [0.05, 0.1) is 11.0 Å². The zero-order chi connectivity index (χ0) is 17.8. The van der Waals surface area contributed by atoms with Crippen LogP contribution in [0.5, 0.6) is 0 Å². The van der Waals surface area contributed by atoms with Gasteiger partial charge < -0.3 is 15.6 Å². The molecule has 6 heteroatoms. The topological polar surface area (TPSA) is 69.8 Å². The second-order valence-corrected chi connectivity index (χ2v) is 7.49. The molecule has 1 saturated heterocycles.